The molecule has 5 heteroatoms. The van der Waals surface area contributed by atoms with E-state index in [1.807, 2.05) is 6.92 Å². The molecule has 0 bridgehead atoms. The van der Waals surface area contributed by atoms with Gasteiger partial charge in [0.25, 0.3) is 0 Å². The number of hydrogen-bond donors (Lipinski definition) is 2. The number of anilines is 1. The molecule has 3 rings (SSSR count). The number of aliphatic hydroxyl groups excluding tert-OH is 1. The predicted octanol–water partition coefficient (Wildman–Crippen LogP) is 2.30. The summed E-state index contributed by atoms with van der Waals surface area (Å²) in [6.07, 6.45) is 1.68. The van der Waals surface area contributed by atoms with Gasteiger partial charge < -0.3 is 15.0 Å². The second kappa shape index (κ2) is 4.81. The fraction of sp³-hybridized carbons (Fsp3) is 0.500. The van der Waals surface area contributed by atoms with E-state index in [0.717, 1.165) is 42.9 Å². The number of rotatable bonds is 2. The van der Waals surface area contributed by atoms with Crippen molar-refractivity contribution < 1.29 is 9.50 Å². The Bertz CT molecular complexity index is 573. The van der Waals surface area contributed by atoms with Crippen LogP contribution in [0, 0.1) is 11.7 Å². The van der Waals surface area contributed by atoms with Gasteiger partial charge >= 0.3 is 0 Å². The third kappa shape index (κ3) is 2.42. The maximum atomic E-state index is 13.1. The van der Waals surface area contributed by atoms with Crippen molar-refractivity contribution in [1.29, 1.82) is 0 Å². The monoisotopic (exact) mass is 263 g/mol. The lowest BCUT2D eigenvalue weighted by Gasteiger charge is -2.33. The number of benzene rings is 1. The number of fused-ring (bicyclic) bond motifs is 1. The fourth-order valence-corrected chi connectivity index (χ4v) is 2.71. The maximum absolute atomic E-state index is 13.1. The van der Waals surface area contributed by atoms with E-state index in [-0.39, 0.29) is 11.9 Å². The molecule has 0 amide bonds. The molecule has 2 heterocycles. The molecular weight excluding hydrogens is 245 g/mol. The van der Waals surface area contributed by atoms with Gasteiger partial charge in [-0.25, -0.2) is 9.37 Å². The first-order valence-electron chi connectivity index (χ1n) is 6.72. The quantitative estimate of drug-likeness (QED) is 0.874. The lowest BCUT2D eigenvalue weighted by molar-refractivity contribution is 0.109. The van der Waals surface area contributed by atoms with Crippen molar-refractivity contribution in [3.8, 4) is 0 Å². The van der Waals surface area contributed by atoms with Crippen LogP contribution in [0.2, 0.25) is 0 Å². The van der Waals surface area contributed by atoms with E-state index in [4.69, 9.17) is 0 Å². The van der Waals surface area contributed by atoms with Crippen LogP contribution in [0.25, 0.3) is 11.0 Å². The highest BCUT2D eigenvalue weighted by Gasteiger charge is 2.24. The SMILES string of the molecule is CC(O)C1CCN(c2nc3ccc(F)cc3[nH]2)CC1. The van der Waals surface area contributed by atoms with Crippen molar-refractivity contribution in [3.05, 3.63) is 24.0 Å². The molecule has 1 fully saturated rings. The minimum atomic E-state index is -0.254. The standard InChI is InChI=1S/C14H18FN3O/c1-9(19)10-4-6-18(7-5-10)14-16-12-3-2-11(15)8-13(12)17-14/h2-3,8-10,19H,4-7H2,1H3,(H,16,17). The van der Waals surface area contributed by atoms with E-state index in [9.17, 15) is 9.50 Å². The van der Waals surface area contributed by atoms with Crippen molar-refractivity contribution >= 4 is 17.0 Å². The van der Waals surface area contributed by atoms with Gasteiger partial charge in [-0.2, -0.15) is 0 Å². The molecule has 19 heavy (non-hydrogen) atoms. The summed E-state index contributed by atoms with van der Waals surface area (Å²) in [6.45, 7) is 3.60. The Labute approximate surface area is 111 Å². The third-order valence-corrected chi connectivity index (χ3v) is 3.95. The van der Waals surface area contributed by atoms with Crippen molar-refractivity contribution in [2.75, 3.05) is 18.0 Å². The third-order valence-electron chi connectivity index (χ3n) is 3.95. The number of imidazole rings is 1. The van der Waals surface area contributed by atoms with Gasteiger partial charge in [-0.1, -0.05) is 0 Å². The van der Waals surface area contributed by atoms with Crippen LogP contribution in [-0.2, 0) is 0 Å². The molecule has 1 saturated heterocycles. The number of aromatic amines is 1. The molecule has 0 aliphatic carbocycles. The molecule has 1 atom stereocenters. The van der Waals surface area contributed by atoms with E-state index in [2.05, 4.69) is 14.9 Å². The number of hydrogen-bond acceptors (Lipinski definition) is 3. The highest BCUT2D eigenvalue weighted by Crippen LogP contribution is 2.25. The summed E-state index contributed by atoms with van der Waals surface area (Å²) in [5.74, 6) is 0.915. The second-order valence-corrected chi connectivity index (χ2v) is 5.29. The molecule has 1 aromatic heterocycles. The van der Waals surface area contributed by atoms with Gasteiger partial charge in [0.2, 0.25) is 5.95 Å². The first kappa shape index (κ1) is 12.4. The van der Waals surface area contributed by atoms with E-state index < -0.39 is 0 Å². The minimum Gasteiger partial charge on any atom is -0.393 e. The average Bonchev–Trinajstić information content (AvgIpc) is 2.81. The molecular formula is C14H18FN3O. The molecule has 0 spiro atoms. The Morgan fingerprint density at radius 3 is 2.84 bits per heavy atom. The smallest absolute Gasteiger partial charge is 0.203 e. The number of aromatic nitrogens is 2. The molecule has 102 valence electrons. The highest BCUT2D eigenvalue weighted by molar-refractivity contribution is 5.77. The minimum absolute atomic E-state index is 0.244. The van der Waals surface area contributed by atoms with E-state index in [0.29, 0.717) is 5.92 Å². The topological polar surface area (TPSA) is 52.1 Å². The van der Waals surface area contributed by atoms with E-state index in [1.165, 1.54) is 12.1 Å². The largest absolute Gasteiger partial charge is 0.393 e. The van der Waals surface area contributed by atoms with Gasteiger partial charge in [0.15, 0.2) is 0 Å². The van der Waals surface area contributed by atoms with Gasteiger partial charge in [0.1, 0.15) is 5.82 Å². The summed E-state index contributed by atoms with van der Waals surface area (Å²) in [5.41, 5.74) is 1.52. The number of aliphatic hydroxyl groups is 1. The van der Waals surface area contributed by atoms with Crippen molar-refractivity contribution in [1.82, 2.24) is 9.97 Å². The van der Waals surface area contributed by atoms with Crippen molar-refractivity contribution in [2.45, 2.75) is 25.9 Å². The number of nitrogens with one attached hydrogen (secondary N) is 1. The number of nitrogens with zero attached hydrogens (tertiary/aromatic N) is 2. The lowest BCUT2D eigenvalue weighted by atomic mass is 9.92. The molecule has 1 aliphatic heterocycles. The van der Waals surface area contributed by atoms with Crippen LogP contribution in [-0.4, -0.2) is 34.3 Å². The molecule has 2 aromatic rings. The van der Waals surface area contributed by atoms with Crippen molar-refractivity contribution in [3.63, 3.8) is 0 Å². The number of piperidine rings is 1. The maximum Gasteiger partial charge on any atom is 0.203 e. The summed E-state index contributed by atoms with van der Waals surface area (Å²) in [5, 5.41) is 9.60. The number of H-pyrrole nitrogens is 1. The zero-order valence-electron chi connectivity index (χ0n) is 10.9. The Kier molecular flexibility index (Phi) is 3.14. The molecule has 2 N–H and O–H groups in total. The van der Waals surface area contributed by atoms with Crippen LogP contribution in [0.15, 0.2) is 18.2 Å². The molecule has 0 radical (unpaired) electrons. The van der Waals surface area contributed by atoms with Crippen LogP contribution < -0.4 is 4.90 Å². The van der Waals surface area contributed by atoms with Crippen LogP contribution in [0.3, 0.4) is 0 Å². The molecule has 4 nitrogen and oxygen atoms in total. The van der Waals surface area contributed by atoms with Gasteiger partial charge in [-0.3, -0.25) is 0 Å². The summed E-state index contributed by atoms with van der Waals surface area (Å²) in [6, 6.07) is 4.58. The summed E-state index contributed by atoms with van der Waals surface area (Å²) in [7, 11) is 0. The predicted molar refractivity (Wildman–Crippen MR) is 72.7 cm³/mol. The summed E-state index contributed by atoms with van der Waals surface area (Å²) < 4.78 is 13.1. The zero-order valence-corrected chi connectivity index (χ0v) is 10.9. The summed E-state index contributed by atoms with van der Waals surface area (Å²) >= 11 is 0. The van der Waals surface area contributed by atoms with Crippen molar-refractivity contribution in [2.24, 2.45) is 5.92 Å². The number of halogens is 1. The van der Waals surface area contributed by atoms with Crippen LogP contribution in [0.1, 0.15) is 19.8 Å². The van der Waals surface area contributed by atoms with Gasteiger partial charge in [0.05, 0.1) is 17.1 Å². The van der Waals surface area contributed by atoms with E-state index >= 15 is 0 Å². The zero-order chi connectivity index (χ0) is 13.4. The molecule has 1 aromatic carbocycles. The molecule has 0 saturated carbocycles. The van der Waals surface area contributed by atoms with Gasteiger partial charge in [-0.05, 0) is 43.9 Å². The van der Waals surface area contributed by atoms with Crippen LogP contribution >= 0.6 is 0 Å². The Hall–Kier alpha value is -1.62. The first-order chi connectivity index (χ1) is 9.13. The summed E-state index contributed by atoms with van der Waals surface area (Å²) in [4.78, 5) is 9.81. The van der Waals surface area contributed by atoms with Gasteiger partial charge in [0, 0.05) is 13.1 Å². The van der Waals surface area contributed by atoms with Crippen LogP contribution in [0.4, 0.5) is 10.3 Å². The van der Waals surface area contributed by atoms with Gasteiger partial charge in [-0.15, -0.1) is 0 Å². The molecule has 1 aliphatic rings. The Balaban J connectivity index is 1.78. The average molecular weight is 263 g/mol. The highest BCUT2D eigenvalue weighted by atomic mass is 19.1. The van der Waals surface area contributed by atoms with E-state index in [1.54, 1.807) is 6.07 Å². The first-order valence-corrected chi connectivity index (χ1v) is 6.72. The fourth-order valence-electron chi connectivity index (χ4n) is 2.71. The van der Waals surface area contributed by atoms with Crippen LogP contribution in [0.5, 0.6) is 0 Å². The normalized spacial score (nSPS) is 19.0. The Morgan fingerprint density at radius 2 is 2.16 bits per heavy atom. The lowest BCUT2D eigenvalue weighted by Crippen LogP contribution is -2.37. The Morgan fingerprint density at radius 1 is 1.42 bits per heavy atom. The molecule has 1 unspecified atom stereocenters. The second-order valence-electron chi connectivity index (χ2n) is 5.29.